The molecule has 0 aromatic rings. The molecule has 5 aliphatic rings. The van der Waals surface area contributed by atoms with Gasteiger partial charge >= 0.3 is 5.97 Å². The van der Waals surface area contributed by atoms with Crippen LogP contribution in [0.3, 0.4) is 0 Å². The third kappa shape index (κ3) is 3.36. The fourth-order valence-electron chi connectivity index (χ4n) is 7.76. The molecule has 3 saturated carbocycles. The van der Waals surface area contributed by atoms with Gasteiger partial charge in [-0.15, -0.1) is 0 Å². The zero-order valence-electron chi connectivity index (χ0n) is 21.7. The molecule has 2 heterocycles. The zero-order chi connectivity index (χ0) is 24.0. The number of rotatable bonds is 5. The minimum Gasteiger partial charge on any atom is -0.467 e. The SMILES string of the molecule is COC(=O)[C@@H]1ON2O[C@H](O[C@@H]3[C@H]4CC[C@@](C)([C@@H]3OCC(C)(C)C)C4(C)C)C[C@H]3CC[C@@H]1[C@]32C. The molecule has 0 unspecified atom stereocenters. The minimum atomic E-state index is -0.605. The largest absolute Gasteiger partial charge is 0.467 e. The van der Waals surface area contributed by atoms with Gasteiger partial charge in [-0.05, 0) is 55.3 Å². The Labute approximate surface area is 198 Å². The fourth-order valence-corrected chi connectivity index (χ4v) is 7.76. The van der Waals surface area contributed by atoms with Gasteiger partial charge in [0, 0.05) is 17.8 Å². The van der Waals surface area contributed by atoms with Crippen LogP contribution in [0.5, 0.6) is 0 Å². The Morgan fingerprint density at radius 3 is 2.45 bits per heavy atom. The predicted octanol–water partition coefficient (Wildman–Crippen LogP) is 4.49. The number of esters is 1. The summed E-state index contributed by atoms with van der Waals surface area (Å²) in [5, 5.41) is 1.59. The molecule has 5 fully saturated rings. The van der Waals surface area contributed by atoms with Crippen molar-refractivity contribution in [2.45, 2.75) is 111 Å². The zero-order valence-corrected chi connectivity index (χ0v) is 21.7. The van der Waals surface area contributed by atoms with Crippen LogP contribution in [0.1, 0.15) is 80.6 Å². The minimum absolute atomic E-state index is 0.00772. The molecule has 0 aromatic carbocycles. The molecule has 0 radical (unpaired) electrons. The van der Waals surface area contributed by atoms with Crippen molar-refractivity contribution < 1.29 is 28.7 Å². The lowest BCUT2D eigenvalue weighted by molar-refractivity contribution is -0.464. The van der Waals surface area contributed by atoms with Gasteiger partial charge in [-0.1, -0.05) is 46.8 Å². The van der Waals surface area contributed by atoms with Gasteiger partial charge < -0.3 is 14.2 Å². The summed E-state index contributed by atoms with van der Waals surface area (Å²) in [7, 11) is 1.42. The number of hydroxylamine groups is 2. The Morgan fingerprint density at radius 2 is 1.79 bits per heavy atom. The van der Waals surface area contributed by atoms with E-state index in [1.807, 2.05) is 0 Å². The third-order valence-corrected chi connectivity index (χ3v) is 10.2. The molecule has 2 saturated heterocycles. The van der Waals surface area contributed by atoms with Gasteiger partial charge in [-0.2, -0.15) is 0 Å². The first kappa shape index (κ1) is 24.0. The molecule has 5 rings (SSSR count). The summed E-state index contributed by atoms with van der Waals surface area (Å²) >= 11 is 0. The molecule has 0 N–H and O–H groups in total. The van der Waals surface area contributed by atoms with Crippen LogP contribution < -0.4 is 0 Å². The van der Waals surface area contributed by atoms with E-state index in [9.17, 15) is 4.79 Å². The van der Waals surface area contributed by atoms with Gasteiger partial charge in [0.25, 0.3) is 0 Å². The summed E-state index contributed by atoms with van der Waals surface area (Å²) in [4.78, 5) is 24.7. The summed E-state index contributed by atoms with van der Waals surface area (Å²) in [6, 6.07) is 0. The molecule has 3 aliphatic carbocycles. The van der Waals surface area contributed by atoms with Gasteiger partial charge in [0.1, 0.15) is 0 Å². The highest BCUT2D eigenvalue weighted by Crippen LogP contribution is 2.67. The first-order chi connectivity index (χ1) is 15.3. The second-order valence-electron chi connectivity index (χ2n) is 13.4. The van der Waals surface area contributed by atoms with E-state index in [1.165, 1.54) is 13.5 Å². The second-order valence-corrected chi connectivity index (χ2v) is 13.4. The van der Waals surface area contributed by atoms with Crippen molar-refractivity contribution in [1.29, 1.82) is 0 Å². The van der Waals surface area contributed by atoms with Crippen LogP contribution in [0, 0.1) is 34.0 Å². The van der Waals surface area contributed by atoms with Gasteiger partial charge in [0.15, 0.2) is 12.4 Å². The van der Waals surface area contributed by atoms with Crippen molar-refractivity contribution in [2.24, 2.45) is 34.0 Å². The number of carbonyl (C=O) groups excluding carboxylic acids is 1. The predicted molar refractivity (Wildman–Crippen MR) is 122 cm³/mol. The van der Waals surface area contributed by atoms with Gasteiger partial charge in [-0.3, -0.25) is 4.84 Å². The smallest absolute Gasteiger partial charge is 0.337 e. The molecule has 7 nitrogen and oxygen atoms in total. The van der Waals surface area contributed by atoms with E-state index in [4.69, 9.17) is 23.9 Å². The molecule has 7 heteroatoms. The van der Waals surface area contributed by atoms with Crippen molar-refractivity contribution in [3.63, 3.8) is 0 Å². The number of hydrogen-bond donors (Lipinski definition) is 0. The molecular weight excluding hydrogens is 422 g/mol. The lowest BCUT2D eigenvalue weighted by Crippen LogP contribution is -2.55. The lowest BCUT2D eigenvalue weighted by atomic mass is 9.70. The summed E-state index contributed by atoms with van der Waals surface area (Å²) in [6.07, 6.45) is 4.14. The molecule has 2 bridgehead atoms. The van der Waals surface area contributed by atoms with Crippen molar-refractivity contribution in [2.75, 3.05) is 13.7 Å². The highest BCUT2D eigenvalue weighted by molar-refractivity contribution is 5.75. The van der Waals surface area contributed by atoms with Gasteiger partial charge in [0.2, 0.25) is 0 Å². The summed E-state index contributed by atoms with van der Waals surface area (Å²) in [5.41, 5.74) is -0.000703. The summed E-state index contributed by atoms with van der Waals surface area (Å²) < 4.78 is 18.5. The number of nitrogens with zero attached hydrogens (tertiary/aromatic N) is 1. The van der Waals surface area contributed by atoms with Crippen LogP contribution >= 0.6 is 0 Å². The van der Waals surface area contributed by atoms with E-state index >= 15 is 0 Å². The Hall–Kier alpha value is -0.730. The Balaban J connectivity index is 1.35. The summed E-state index contributed by atoms with van der Waals surface area (Å²) in [5.74, 6) is 0.546. The maximum absolute atomic E-state index is 12.4. The number of hydrogen-bond acceptors (Lipinski definition) is 7. The molecule has 9 atom stereocenters. The van der Waals surface area contributed by atoms with Crippen LogP contribution in [0.2, 0.25) is 0 Å². The van der Waals surface area contributed by atoms with E-state index in [2.05, 4.69) is 48.5 Å². The van der Waals surface area contributed by atoms with Gasteiger partial charge in [-0.25, -0.2) is 9.63 Å². The number of carbonyl (C=O) groups is 1. The maximum atomic E-state index is 12.4. The lowest BCUT2D eigenvalue weighted by Gasteiger charge is -2.46. The normalized spacial score (nSPS) is 48.3. The van der Waals surface area contributed by atoms with Crippen molar-refractivity contribution >= 4 is 5.97 Å². The molecule has 2 aliphatic heterocycles. The Kier molecular flexibility index (Phi) is 5.55. The summed E-state index contributed by atoms with van der Waals surface area (Å²) in [6.45, 7) is 16.7. The van der Waals surface area contributed by atoms with E-state index in [1.54, 1.807) is 5.23 Å². The average Bonchev–Trinajstić information content (AvgIpc) is 3.34. The number of methoxy groups -OCH3 is 1. The highest BCUT2D eigenvalue weighted by Gasteiger charge is 2.69. The first-order valence-electron chi connectivity index (χ1n) is 12.8. The number of fused-ring (bicyclic) bond motifs is 2. The second kappa shape index (κ2) is 7.63. The fraction of sp³-hybridized carbons (Fsp3) is 0.962. The molecule has 188 valence electrons. The highest BCUT2D eigenvalue weighted by atomic mass is 17.0. The van der Waals surface area contributed by atoms with Crippen molar-refractivity contribution in [3.8, 4) is 0 Å². The van der Waals surface area contributed by atoms with Crippen LogP contribution in [0.15, 0.2) is 0 Å². The first-order valence-corrected chi connectivity index (χ1v) is 12.8. The van der Waals surface area contributed by atoms with Crippen LogP contribution in [-0.4, -0.2) is 55.1 Å². The molecule has 33 heavy (non-hydrogen) atoms. The molecule has 0 aromatic heterocycles. The van der Waals surface area contributed by atoms with E-state index < -0.39 is 12.4 Å². The van der Waals surface area contributed by atoms with Crippen LogP contribution in [0.4, 0.5) is 0 Å². The topological polar surface area (TPSA) is 66.5 Å². The maximum Gasteiger partial charge on any atom is 0.337 e. The average molecular weight is 466 g/mol. The Bertz CT molecular complexity index is 794. The monoisotopic (exact) mass is 465 g/mol. The standard InChI is InChI=1S/C26H43NO6/c1-23(2,3)14-30-21-19(16-11-12-25(21,6)24(16,4)5)31-18-13-15-9-10-17-20(22(28)29-8)33-27(32-18)26(15,17)7/h15-21H,9-14H2,1-8H3/t15-,16-,17+,18+,19-,20-,21-,25+,26+/m1/s1. The van der Waals surface area contributed by atoms with E-state index in [0.717, 1.165) is 25.7 Å². The van der Waals surface area contributed by atoms with E-state index in [0.29, 0.717) is 18.4 Å². The molecule has 0 amide bonds. The van der Waals surface area contributed by atoms with Gasteiger partial charge in [0.05, 0.1) is 31.5 Å². The Morgan fingerprint density at radius 1 is 1.06 bits per heavy atom. The molecule has 0 spiro atoms. The van der Waals surface area contributed by atoms with Crippen molar-refractivity contribution in [3.05, 3.63) is 0 Å². The number of ether oxygens (including phenoxy) is 3. The van der Waals surface area contributed by atoms with Crippen LogP contribution in [-0.2, 0) is 28.7 Å². The quantitative estimate of drug-likeness (QED) is 0.554. The molecular formula is C26H43NO6. The van der Waals surface area contributed by atoms with E-state index in [-0.39, 0.29) is 45.9 Å². The third-order valence-electron chi connectivity index (χ3n) is 10.2. The van der Waals surface area contributed by atoms with Crippen LogP contribution in [0.25, 0.3) is 0 Å². The van der Waals surface area contributed by atoms with Crippen molar-refractivity contribution in [1.82, 2.24) is 5.23 Å².